The first-order valence-corrected chi connectivity index (χ1v) is 10.8. The number of ether oxygens (including phenoxy) is 1. The van der Waals surface area contributed by atoms with Crippen LogP contribution in [-0.2, 0) is 11.3 Å². The number of pyridine rings is 1. The molecule has 5 nitrogen and oxygen atoms in total. The Hall–Kier alpha value is -2.24. The summed E-state index contributed by atoms with van der Waals surface area (Å²) in [4.78, 5) is 20.2. The lowest BCUT2D eigenvalue weighted by atomic mass is 9.89. The van der Waals surface area contributed by atoms with Crippen LogP contribution in [0.5, 0.6) is 0 Å². The average molecular weight is 394 g/mol. The van der Waals surface area contributed by atoms with Crippen molar-refractivity contribution in [2.45, 2.75) is 51.2 Å². The quantitative estimate of drug-likeness (QED) is 0.813. The fraction of sp³-hybridized carbons (Fsp3) is 0.500. The summed E-state index contributed by atoms with van der Waals surface area (Å²) in [6.45, 7) is 6.45. The number of carbonyl (C=O) groups is 1. The van der Waals surface area contributed by atoms with E-state index in [1.165, 1.54) is 5.56 Å². The zero-order valence-corrected chi connectivity index (χ0v) is 17.3. The number of carbonyl (C=O) groups excluding carboxylic acids is 1. The fourth-order valence-electron chi connectivity index (χ4n) is 4.39. The van der Waals surface area contributed by atoms with Crippen molar-refractivity contribution in [1.29, 1.82) is 0 Å². The predicted molar refractivity (Wildman–Crippen MR) is 114 cm³/mol. The topological polar surface area (TPSA) is 54.5 Å². The number of piperidine rings is 1. The Bertz CT molecular complexity index is 810. The van der Waals surface area contributed by atoms with Crippen LogP contribution >= 0.6 is 0 Å². The molecule has 29 heavy (non-hydrogen) atoms. The van der Waals surface area contributed by atoms with Crippen LogP contribution in [0.4, 0.5) is 0 Å². The molecular formula is C24H31N3O2. The van der Waals surface area contributed by atoms with E-state index in [1.807, 2.05) is 19.1 Å². The minimum absolute atomic E-state index is 0.0188. The molecule has 2 aliphatic heterocycles. The number of hydrogen-bond donors (Lipinski definition) is 1. The Labute approximate surface area is 173 Å². The van der Waals surface area contributed by atoms with Crippen molar-refractivity contribution >= 4 is 5.91 Å². The Morgan fingerprint density at radius 1 is 1.14 bits per heavy atom. The minimum atomic E-state index is -0.0188. The Morgan fingerprint density at radius 2 is 1.93 bits per heavy atom. The molecule has 0 radical (unpaired) electrons. The van der Waals surface area contributed by atoms with Crippen molar-refractivity contribution < 1.29 is 9.53 Å². The molecule has 1 amide bonds. The van der Waals surface area contributed by atoms with E-state index in [9.17, 15) is 4.79 Å². The lowest BCUT2D eigenvalue weighted by molar-refractivity contribution is 0.0855. The first kappa shape index (κ1) is 20.0. The van der Waals surface area contributed by atoms with Gasteiger partial charge in [-0.05, 0) is 63.4 Å². The normalized spacial score (nSPS) is 20.7. The zero-order valence-electron chi connectivity index (χ0n) is 17.3. The molecule has 1 aromatic carbocycles. The number of likely N-dealkylation sites (tertiary alicyclic amines) is 1. The van der Waals surface area contributed by atoms with E-state index >= 15 is 0 Å². The maximum absolute atomic E-state index is 12.9. The highest BCUT2D eigenvalue weighted by molar-refractivity contribution is 5.95. The van der Waals surface area contributed by atoms with Crippen LogP contribution in [-0.4, -0.2) is 48.1 Å². The fourth-order valence-corrected chi connectivity index (χ4v) is 4.39. The van der Waals surface area contributed by atoms with E-state index in [-0.39, 0.29) is 12.0 Å². The van der Waals surface area contributed by atoms with E-state index in [2.05, 4.69) is 40.5 Å². The molecule has 3 heterocycles. The van der Waals surface area contributed by atoms with Crippen molar-refractivity contribution in [2.24, 2.45) is 0 Å². The van der Waals surface area contributed by atoms with Gasteiger partial charge in [0.2, 0.25) is 0 Å². The largest absolute Gasteiger partial charge is 0.376 e. The number of benzene rings is 1. The number of nitrogens with zero attached hydrogens (tertiary/aromatic N) is 2. The molecule has 1 atom stereocenters. The molecule has 5 heteroatoms. The molecule has 2 aliphatic rings. The Morgan fingerprint density at radius 3 is 2.66 bits per heavy atom. The maximum Gasteiger partial charge on any atom is 0.253 e. The van der Waals surface area contributed by atoms with Gasteiger partial charge >= 0.3 is 0 Å². The second-order valence-electron chi connectivity index (χ2n) is 8.27. The van der Waals surface area contributed by atoms with Crippen LogP contribution in [0, 0.1) is 6.92 Å². The summed E-state index contributed by atoms with van der Waals surface area (Å²) in [6, 6.07) is 14.5. The number of amides is 1. The third-order valence-corrected chi connectivity index (χ3v) is 6.05. The molecule has 4 rings (SSSR count). The van der Waals surface area contributed by atoms with Gasteiger partial charge in [0.25, 0.3) is 5.91 Å². The molecular weight excluding hydrogens is 362 g/mol. The lowest BCUT2D eigenvalue weighted by Crippen LogP contribution is -2.35. The van der Waals surface area contributed by atoms with E-state index in [0.29, 0.717) is 12.5 Å². The Balaban J connectivity index is 1.39. The molecule has 0 bridgehead atoms. The third kappa shape index (κ3) is 5.22. The van der Waals surface area contributed by atoms with Gasteiger partial charge in [-0.2, -0.15) is 0 Å². The van der Waals surface area contributed by atoms with Gasteiger partial charge in [-0.25, -0.2) is 0 Å². The molecule has 1 unspecified atom stereocenters. The second kappa shape index (κ2) is 9.51. The lowest BCUT2D eigenvalue weighted by Gasteiger charge is -2.32. The van der Waals surface area contributed by atoms with Crippen molar-refractivity contribution in [2.75, 3.05) is 26.2 Å². The highest BCUT2D eigenvalue weighted by Gasteiger charge is 2.26. The SMILES string of the molecule is Cc1ccc(C(=O)NCC2CCCO2)c(C2CCN(Cc3ccccc3)CC2)n1. The maximum atomic E-state index is 12.9. The van der Waals surface area contributed by atoms with E-state index in [4.69, 9.17) is 9.72 Å². The standard InChI is InChI=1S/C24H31N3O2/c1-18-9-10-22(24(28)25-16-21-8-5-15-29-21)23(26-18)20-11-13-27(14-12-20)17-19-6-3-2-4-7-19/h2-4,6-7,9-10,20-21H,5,8,11-17H2,1H3,(H,25,28). The summed E-state index contributed by atoms with van der Waals surface area (Å²) in [7, 11) is 0. The highest BCUT2D eigenvalue weighted by atomic mass is 16.5. The summed E-state index contributed by atoms with van der Waals surface area (Å²) in [5, 5.41) is 3.07. The van der Waals surface area contributed by atoms with Gasteiger partial charge in [-0.15, -0.1) is 0 Å². The molecule has 154 valence electrons. The van der Waals surface area contributed by atoms with E-state index in [0.717, 1.165) is 68.9 Å². The molecule has 1 aromatic heterocycles. The summed E-state index contributed by atoms with van der Waals surface area (Å²) in [6.07, 6.45) is 4.34. The monoisotopic (exact) mass is 393 g/mol. The number of aryl methyl sites for hydroxylation is 1. The first-order valence-electron chi connectivity index (χ1n) is 10.8. The molecule has 2 fully saturated rings. The molecule has 0 spiro atoms. The number of nitrogens with one attached hydrogen (secondary N) is 1. The van der Waals surface area contributed by atoms with E-state index < -0.39 is 0 Å². The molecule has 2 aromatic rings. The second-order valence-corrected chi connectivity index (χ2v) is 8.27. The van der Waals surface area contributed by atoms with Gasteiger partial charge < -0.3 is 10.1 Å². The van der Waals surface area contributed by atoms with Crippen molar-refractivity contribution in [3.63, 3.8) is 0 Å². The summed E-state index contributed by atoms with van der Waals surface area (Å²) in [5.41, 5.74) is 4.03. The van der Waals surface area contributed by atoms with Crippen molar-refractivity contribution in [1.82, 2.24) is 15.2 Å². The van der Waals surface area contributed by atoms with Crippen molar-refractivity contribution in [3.8, 4) is 0 Å². The van der Waals surface area contributed by atoms with Crippen molar-refractivity contribution in [3.05, 3.63) is 65.0 Å². The van der Waals surface area contributed by atoms with Crippen LogP contribution in [0.2, 0.25) is 0 Å². The van der Waals surface area contributed by atoms with Gasteiger partial charge in [-0.1, -0.05) is 30.3 Å². The predicted octanol–water partition coefficient (Wildman–Crippen LogP) is 3.68. The first-order chi connectivity index (χ1) is 14.2. The molecule has 0 aliphatic carbocycles. The third-order valence-electron chi connectivity index (χ3n) is 6.05. The van der Waals surface area contributed by atoms with Crippen LogP contribution < -0.4 is 5.32 Å². The number of aromatic nitrogens is 1. The van der Waals surface area contributed by atoms with Crippen LogP contribution in [0.1, 0.15) is 58.9 Å². The van der Waals surface area contributed by atoms with Crippen LogP contribution in [0.3, 0.4) is 0 Å². The van der Waals surface area contributed by atoms with Gasteiger partial charge in [0, 0.05) is 31.3 Å². The van der Waals surface area contributed by atoms with Crippen LogP contribution in [0.25, 0.3) is 0 Å². The average Bonchev–Trinajstić information content (AvgIpc) is 3.27. The Kier molecular flexibility index (Phi) is 6.57. The van der Waals surface area contributed by atoms with Gasteiger partial charge in [0.05, 0.1) is 17.4 Å². The summed E-state index contributed by atoms with van der Waals surface area (Å²) < 4.78 is 5.63. The van der Waals surface area contributed by atoms with Gasteiger partial charge in [-0.3, -0.25) is 14.7 Å². The molecule has 2 saturated heterocycles. The van der Waals surface area contributed by atoms with E-state index in [1.54, 1.807) is 0 Å². The minimum Gasteiger partial charge on any atom is -0.376 e. The van der Waals surface area contributed by atoms with Gasteiger partial charge in [0.15, 0.2) is 0 Å². The van der Waals surface area contributed by atoms with Crippen LogP contribution in [0.15, 0.2) is 42.5 Å². The summed E-state index contributed by atoms with van der Waals surface area (Å²) in [5.74, 6) is 0.320. The molecule has 1 N–H and O–H groups in total. The summed E-state index contributed by atoms with van der Waals surface area (Å²) >= 11 is 0. The number of hydrogen-bond acceptors (Lipinski definition) is 4. The smallest absolute Gasteiger partial charge is 0.253 e. The number of rotatable bonds is 6. The highest BCUT2D eigenvalue weighted by Crippen LogP contribution is 2.30. The zero-order chi connectivity index (χ0) is 20.1. The molecule has 0 saturated carbocycles. The van der Waals surface area contributed by atoms with Gasteiger partial charge in [0.1, 0.15) is 0 Å².